The number of nitrogens with zero attached hydrogens (tertiary/aromatic N) is 2. The van der Waals surface area contributed by atoms with Crippen molar-refractivity contribution in [1.29, 1.82) is 0 Å². The molecule has 1 heterocycles. The average molecular weight is 423 g/mol. The van der Waals surface area contributed by atoms with E-state index >= 15 is 0 Å². The molecule has 0 radical (unpaired) electrons. The molecule has 0 unspecified atom stereocenters. The Morgan fingerprint density at radius 3 is 2.33 bits per heavy atom. The van der Waals surface area contributed by atoms with Crippen LogP contribution in [0, 0.1) is 5.82 Å². The van der Waals surface area contributed by atoms with Crippen LogP contribution in [0.4, 0.5) is 4.39 Å². The van der Waals surface area contributed by atoms with E-state index in [0.29, 0.717) is 16.3 Å². The third-order valence-corrected chi connectivity index (χ3v) is 6.47. The molecule has 2 aromatic rings. The summed E-state index contributed by atoms with van der Waals surface area (Å²) in [6.45, 7) is 6.53. The maximum Gasteiger partial charge on any atom is 0.261 e. The highest BCUT2D eigenvalue weighted by atomic mass is 32.1. The fourth-order valence-corrected chi connectivity index (χ4v) is 4.82. The van der Waals surface area contributed by atoms with Gasteiger partial charge in [0, 0.05) is 11.1 Å². The first-order chi connectivity index (χ1) is 14.2. The molecule has 5 heteroatoms. The zero-order valence-corrected chi connectivity index (χ0v) is 18.6. The molecule has 1 amide bonds. The third kappa shape index (κ3) is 3.71. The van der Waals surface area contributed by atoms with Gasteiger partial charge in [-0.25, -0.2) is 4.39 Å². The van der Waals surface area contributed by atoms with Crippen LogP contribution in [-0.2, 0) is 5.41 Å². The van der Waals surface area contributed by atoms with Gasteiger partial charge in [0.2, 0.25) is 0 Å². The number of amides is 1. The predicted octanol–water partition coefficient (Wildman–Crippen LogP) is 6.06. The summed E-state index contributed by atoms with van der Waals surface area (Å²) in [5.41, 5.74) is 2.55. The van der Waals surface area contributed by atoms with E-state index in [-0.39, 0.29) is 11.3 Å². The minimum Gasteiger partial charge on any atom is -0.271 e. The van der Waals surface area contributed by atoms with Crippen molar-refractivity contribution in [2.24, 2.45) is 4.99 Å². The maximum absolute atomic E-state index is 13.8. The molecule has 0 aromatic heterocycles. The Morgan fingerprint density at radius 2 is 1.73 bits per heavy atom. The summed E-state index contributed by atoms with van der Waals surface area (Å²) in [4.78, 5) is 20.6. The average Bonchev–Trinajstić information content (AvgIpc) is 2.99. The molecule has 1 saturated carbocycles. The van der Waals surface area contributed by atoms with Gasteiger partial charge in [-0.1, -0.05) is 69.7 Å². The Morgan fingerprint density at radius 1 is 1.07 bits per heavy atom. The quantitative estimate of drug-likeness (QED) is 0.552. The number of hydrogen-bond donors (Lipinski definition) is 0. The van der Waals surface area contributed by atoms with Crippen molar-refractivity contribution in [3.8, 4) is 0 Å². The van der Waals surface area contributed by atoms with E-state index in [0.717, 1.165) is 37.7 Å². The number of carbonyl (C=O) groups excluding carboxylic acids is 1. The first-order valence-electron chi connectivity index (χ1n) is 10.6. The second-order valence-electron chi connectivity index (χ2n) is 9.29. The molecule has 0 atom stereocenters. The van der Waals surface area contributed by atoms with Gasteiger partial charge in [-0.05, 0) is 54.9 Å². The smallest absolute Gasteiger partial charge is 0.261 e. The lowest BCUT2D eigenvalue weighted by Crippen LogP contribution is -2.50. The standard InChI is InChI=1S/C25H27FN2OS/c1-24(2,3)19-12-10-17(11-13-19)21-23(30)28(25(27-21)14-5-4-6-15-25)22(29)18-8-7-9-20(26)16-18/h7-13,16H,4-6,14-15H2,1-3H3. The fraction of sp³-hybridized carbons (Fsp3) is 0.400. The second kappa shape index (κ2) is 7.69. The highest BCUT2D eigenvalue weighted by Crippen LogP contribution is 2.41. The Kier molecular flexibility index (Phi) is 5.35. The molecule has 0 saturated heterocycles. The maximum atomic E-state index is 13.8. The lowest BCUT2D eigenvalue weighted by atomic mass is 9.86. The summed E-state index contributed by atoms with van der Waals surface area (Å²) >= 11 is 5.79. The fourth-order valence-electron chi connectivity index (χ4n) is 4.40. The van der Waals surface area contributed by atoms with Crippen molar-refractivity contribution < 1.29 is 9.18 Å². The number of aliphatic imine (C=N–C) groups is 1. The topological polar surface area (TPSA) is 32.7 Å². The Bertz CT molecular complexity index is 1010. The summed E-state index contributed by atoms with van der Waals surface area (Å²) in [7, 11) is 0. The molecule has 0 bridgehead atoms. The van der Waals surface area contributed by atoms with Crippen LogP contribution in [0.1, 0.15) is 74.4 Å². The lowest BCUT2D eigenvalue weighted by molar-refractivity contribution is 0.0648. The van der Waals surface area contributed by atoms with Gasteiger partial charge in [0.15, 0.2) is 0 Å². The van der Waals surface area contributed by atoms with Crippen molar-refractivity contribution in [2.45, 2.75) is 64.0 Å². The molecule has 1 fully saturated rings. The van der Waals surface area contributed by atoms with Gasteiger partial charge in [0.1, 0.15) is 22.2 Å². The second-order valence-corrected chi connectivity index (χ2v) is 9.67. The largest absolute Gasteiger partial charge is 0.271 e. The van der Waals surface area contributed by atoms with E-state index in [1.807, 2.05) is 12.1 Å². The molecule has 1 aliphatic heterocycles. The molecule has 2 aliphatic rings. The van der Waals surface area contributed by atoms with Crippen molar-refractivity contribution in [3.05, 3.63) is 71.0 Å². The third-order valence-electron chi connectivity index (χ3n) is 6.10. The van der Waals surface area contributed by atoms with E-state index in [9.17, 15) is 9.18 Å². The zero-order valence-electron chi connectivity index (χ0n) is 17.7. The number of halogens is 1. The minimum absolute atomic E-state index is 0.0561. The number of hydrogen-bond acceptors (Lipinski definition) is 3. The van der Waals surface area contributed by atoms with Crippen LogP contribution in [0.2, 0.25) is 0 Å². The van der Waals surface area contributed by atoms with Crippen LogP contribution in [0.15, 0.2) is 53.5 Å². The number of rotatable bonds is 2. The van der Waals surface area contributed by atoms with E-state index in [2.05, 4.69) is 32.9 Å². The first-order valence-corrected chi connectivity index (χ1v) is 11.0. The minimum atomic E-state index is -0.656. The van der Waals surface area contributed by atoms with Gasteiger partial charge in [0.05, 0.1) is 0 Å². The Balaban J connectivity index is 1.74. The van der Waals surface area contributed by atoms with E-state index in [1.165, 1.54) is 17.7 Å². The Labute approximate surface area is 183 Å². The van der Waals surface area contributed by atoms with Crippen LogP contribution < -0.4 is 0 Å². The predicted molar refractivity (Wildman–Crippen MR) is 123 cm³/mol. The van der Waals surface area contributed by atoms with E-state index in [1.54, 1.807) is 17.0 Å². The molecular weight excluding hydrogens is 395 g/mol. The molecule has 156 valence electrons. The number of benzene rings is 2. The first kappa shape index (κ1) is 20.9. The monoisotopic (exact) mass is 422 g/mol. The van der Waals surface area contributed by atoms with Crippen LogP contribution in [-0.4, -0.2) is 27.2 Å². The molecule has 2 aromatic carbocycles. The number of thiocarbonyl (C=S) groups is 1. The van der Waals surface area contributed by atoms with E-state index in [4.69, 9.17) is 17.2 Å². The number of carbonyl (C=O) groups is 1. The SMILES string of the molecule is CC(C)(C)c1ccc(C2=NC3(CCCCC3)N(C(=O)c3cccc(F)c3)C2=S)cc1. The van der Waals surface area contributed by atoms with Gasteiger partial charge in [-0.15, -0.1) is 0 Å². The molecule has 0 N–H and O–H groups in total. The highest BCUT2D eigenvalue weighted by molar-refractivity contribution is 7.82. The summed E-state index contributed by atoms with van der Waals surface area (Å²) in [5.74, 6) is -0.700. The van der Waals surface area contributed by atoms with Crippen LogP contribution >= 0.6 is 12.2 Å². The molecule has 1 aliphatic carbocycles. The van der Waals surface area contributed by atoms with Gasteiger partial charge in [-0.2, -0.15) is 0 Å². The van der Waals surface area contributed by atoms with Crippen molar-refractivity contribution >= 4 is 28.8 Å². The van der Waals surface area contributed by atoms with Crippen molar-refractivity contribution in [1.82, 2.24) is 4.90 Å². The normalized spacial score (nSPS) is 18.6. The molecule has 3 nitrogen and oxygen atoms in total. The van der Waals surface area contributed by atoms with Crippen molar-refractivity contribution in [3.63, 3.8) is 0 Å². The molecule has 4 rings (SSSR count). The lowest BCUT2D eigenvalue weighted by Gasteiger charge is -2.38. The molecular formula is C25H27FN2OS. The van der Waals surface area contributed by atoms with Crippen LogP contribution in [0.5, 0.6) is 0 Å². The molecule has 30 heavy (non-hydrogen) atoms. The Hall–Kier alpha value is -2.40. The summed E-state index contributed by atoms with van der Waals surface area (Å²) in [6.07, 6.45) is 4.67. The van der Waals surface area contributed by atoms with E-state index < -0.39 is 11.5 Å². The zero-order chi connectivity index (χ0) is 21.5. The summed E-state index contributed by atoms with van der Waals surface area (Å²) in [6, 6.07) is 14.1. The van der Waals surface area contributed by atoms with Gasteiger partial charge in [-0.3, -0.25) is 14.7 Å². The van der Waals surface area contributed by atoms with Gasteiger partial charge >= 0.3 is 0 Å². The summed E-state index contributed by atoms with van der Waals surface area (Å²) < 4.78 is 13.8. The summed E-state index contributed by atoms with van der Waals surface area (Å²) in [5, 5.41) is 0. The van der Waals surface area contributed by atoms with Gasteiger partial charge in [0.25, 0.3) is 5.91 Å². The van der Waals surface area contributed by atoms with Crippen molar-refractivity contribution in [2.75, 3.05) is 0 Å². The van der Waals surface area contributed by atoms with Gasteiger partial charge < -0.3 is 0 Å². The highest BCUT2D eigenvalue weighted by Gasteiger charge is 2.49. The molecule has 1 spiro atoms. The van der Waals surface area contributed by atoms with Crippen LogP contribution in [0.25, 0.3) is 0 Å². The van der Waals surface area contributed by atoms with Crippen LogP contribution in [0.3, 0.4) is 0 Å².